The van der Waals surface area contributed by atoms with Crippen molar-refractivity contribution < 1.29 is 4.79 Å². The van der Waals surface area contributed by atoms with Crippen LogP contribution in [0.4, 0.5) is 0 Å². The fourth-order valence-corrected chi connectivity index (χ4v) is 4.02. The van der Waals surface area contributed by atoms with Crippen molar-refractivity contribution in [3.8, 4) is 0 Å². The van der Waals surface area contributed by atoms with Crippen LogP contribution in [0, 0.1) is 0 Å². The molecule has 1 aliphatic carbocycles. The second kappa shape index (κ2) is 7.77. The Bertz CT molecular complexity index is 804. The number of nitrogens with zero attached hydrogens (tertiary/aromatic N) is 2. The normalized spacial score (nSPS) is 17.9. The highest BCUT2D eigenvalue weighted by Crippen LogP contribution is 2.27. The van der Waals surface area contributed by atoms with Gasteiger partial charge in [0.15, 0.2) is 0 Å². The number of fused-ring (bicyclic) bond motifs is 1. The Morgan fingerprint density at radius 1 is 1.15 bits per heavy atom. The van der Waals surface area contributed by atoms with Crippen LogP contribution in [0.1, 0.15) is 46.3 Å². The van der Waals surface area contributed by atoms with Crippen molar-refractivity contribution >= 4 is 17.5 Å². The van der Waals surface area contributed by atoms with E-state index < -0.39 is 0 Å². The lowest BCUT2D eigenvalue weighted by molar-refractivity contribution is 0.0950. The quantitative estimate of drug-likeness (QED) is 0.895. The Labute approximate surface area is 159 Å². The van der Waals surface area contributed by atoms with Gasteiger partial charge in [-0.2, -0.15) is 0 Å². The summed E-state index contributed by atoms with van der Waals surface area (Å²) in [5, 5.41) is 3.43. The summed E-state index contributed by atoms with van der Waals surface area (Å²) in [6.07, 6.45) is 9.42. The molecule has 4 rings (SSSR count). The molecule has 0 saturated heterocycles. The van der Waals surface area contributed by atoms with Gasteiger partial charge in [0.25, 0.3) is 5.91 Å². The van der Waals surface area contributed by atoms with Crippen molar-refractivity contribution in [1.29, 1.82) is 0 Å². The Balaban J connectivity index is 1.38. The molecule has 2 aromatic rings. The van der Waals surface area contributed by atoms with E-state index in [1.165, 1.54) is 49.3 Å². The first-order chi connectivity index (χ1) is 12.7. The molecule has 136 valence electrons. The zero-order valence-electron chi connectivity index (χ0n) is 14.9. The lowest BCUT2D eigenvalue weighted by Gasteiger charge is -2.36. The molecule has 26 heavy (non-hydrogen) atoms. The minimum absolute atomic E-state index is 0.147. The number of aromatic nitrogens is 1. The Morgan fingerprint density at radius 3 is 2.69 bits per heavy atom. The van der Waals surface area contributed by atoms with E-state index in [-0.39, 0.29) is 5.91 Å². The van der Waals surface area contributed by atoms with E-state index in [1.807, 2.05) is 0 Å². The monoisotopic (exact) mass is 369 g/mol. The predicted octanol–water partition coefficient (Wildman–Crippen LogP) is 3.62. The fourth-order valence-electron chi connectivity index (χ4n) is 3.84. The van der Waals surface area contributed by atoms with E-state index >= 15 is 0 Å². The molecular formula is C21H24ClN3O. The molecule has 1 aliphatic heterocycles. The molecule has 1 N–H and O–H groups in total. The number of rotatable bonds is 4. The summed E-state index contributed by atoms with van der Waals surface area (Å²) >= 11 is 5.90. The summed E-state index contributed by atoms with van der Waals surface area (Å²) in [6.45, 7) is 2.85. The zero-order chi connectivity index (χ0) is 17.9. The second-order valence-electron chi connectivity index (χ2n) is 7.30. The van der Waals surface area contributed by atoms with Gasteiger partial charge in [-0.15, -0.1) is 0 Å². The molecule has 1 fully saturated rings. The van der Waals surface area contributed by atoms with Gasteiger partial charge in [-0.05, 0) is 48.4 Å². The molecule has 1 aromatic carbocycles. The lowest BCUT2D eigenvalue weighted by Crippen LogP contribution is -2.41. The van der Waals surface area contributed by atoms with E-state index in [0.29, 0.717) is 17.1 Å². The van der Waals surface area contributed by atoms with Gasteiger partial charge < -0.3 is 5.32 Å². The number of amides is 1. The minimum Gasteiger partial charge on any atom is -0.348 e. The number of benzene rings is 1. The van der Waals surface area contributed by atoms with Crippen LogP contribution in [0.15, 0.2) is 36.7 Å². The first kappa shape index (κ1) is 17.5. The van der Waals surface area contributed by atoms with Crippen molar-refractivity contribution in [2.24, 2.45) is 0 Å². The van der Waals surface area contributed by atoms with Gasteiger partial charge in [0.05, 0.1) is 10.6 Å². The van der Waals surface area contributed by atoms with Crippen LogP contribution in [0.2, 0.25) is 5.02 Å². The molecular weight excluding hydrogens is 346 g/mol. The minimum atomic E-state index is -0.147. The number of carbonyl (C=O) groups excluding carboxylic acids is 1. The van der Waals surface area contributed by atoms with Gasteiger partial charge in [-0.3, -0.25) is 14.7 Å². The molecule has 0 radical (unpaired) electrons. The Hall–Kier alpha value is -1.91. The second-order valence-corrected chi connectivity index (χ2v) is 7.73. The van der Waals surface area contributed by atoms with Crippen LogP contribution >= 0.6 is 11.6 Å². The van der Waals surface area contributed by atoms with E-state index in [0.717, 1.165) is 31.0 Å². The lowest BCUT2D eigenvalue weighted by atomic mass is 9.91. The largest absolute Gasteiger partial charge is 0.348 e. The Morgan fingerprint density at radius 2 is 1.96 bits per heavy atom. The van der Waals surface area contributed by atoms with Gasteiger partial charge in [-0.25, -0.2) is 0 Å². The van der Waals surface area contributed by atoms with Crippen molar-refractivity contribution in [1.82, 2.24) is 15.2 Å². The van der Waals surface area contributed by atoms with Crippen LogP contribution in [0.5, 0.6) is 0 Å². The van der Waals surface area contributed by atoms with E-state index in [2.05, 4.69) is 33.4 Å². The molecule has 0 bridgehead atoms. The van der Waals surface area contributed by atoms with Crippen LogP contribution in [-0.4, -0.2) is 34.9 Å². The number of nitrogens with one attached hydrogen (secondary N) is 1. The Kier molecular flexibility index (Phi) is 5.23. The average molecular weight is 370 g/mol. The predicted molar refractivity (Wildman–Crippen MR) is 103 cm³/mol. The smallest absolute Gasteiger partial charge is 0.253 e. The van der Waals surface area contributed by atoms with Crippen molar-refractivity contribution in [3.05, 3.63) is 63.9 Å². The summed E-state index contributed by atoms with van der Waals surface area (Å²) in [5.74, 6) is -0.147. The molecule has 1 aromatic heterocycles. The maximum atomic E-state index is 12.3. The average Bonchev–Trinajstić information content (AvgIpc) is 2.81. The van der Waals surface area contributed by atoms with Crippen LogP contribution in [0.25, 0.3) is 0 Å². The molecule has 4 nitrogen and oxygen atoms in total. The highest BCUT2D eigenvalue weighted by atomic mass is 35.5. The van der Waals surface area contributed by atoms with Crippen molar-refractivity contribution in [2.45, 2.75) is 44.7 Å². The summed E-state index contributed by atoms with van der Waals surface area (Å²) in [5.41, 5.74) is 4.52. The summed E-state index contributed by atoms with van der Waals surface area (Å²) in [4.78, 5) is 18.9. The maximum Gasteiger partial charge on any atom is 0.253 e. The number of halogens is 1. The van der Waals surface area contributed by atoms with Gasteiger partial charge in [-0.1, -0.05) is 36.2 Å². The standard InChI is InChI=1S/C21H24ClN3O/c22-19-11-18(13-23-14-19)21(26)24-12-15-4-5-16-6-8-25(20-2-1-3-20)9-7-17(16)10-15/h4-5,10-11,13-14,20H,1-3,6-9,12H2,(H,24,26). The first-order valence-electron chi connectivity index (χ1n) is 9.42. The molecule has 2 aliphatic rings. The fraction of sp³-hybridized carbons (Fsp3) is 0.429. The molecule has 0 atom stereocenters. The molecule has 1 amide bonds. The highest BCUT2D eigenvalue weighted by molar-refractivity contribution is 6.30. The van der Waals surface area contributed by atoms with Crippen LogP contribution < -0.4 is 5.32 Å². The molecule has 0 spiro atoms. The summed E-state index contributed by atoms with van der Waals surface area (Å²) in [6, 6.07) is 9.08. The summed E-state index contributed by atoms with van der Waals surface area (Å²) < 4.78 is 0. The highest BCUT2D eigenvalue weighted by Gasteiger charge is 2.26. The van der Waals surface area contributed by atoms with E-state index in [9.17, 15) is 4.79 Å². The van der Waals surface area contributed by atoms with Crippen molar-refractivity contribution in [2.75, 3.05) is 13.1 Å². The van der Waals surface area contributed by atoms with Gasteiger partial charge in [0, 0.05) is 38.1 Å². The number of pyridine rings is 1. The SMILES string of the molecule is O=C(NCc1ccc2c(c1)CCN(C1CCC1)CC2)c1cncc(Cl)c1. The van der Waals surface area contributed by atoms with Crippen molar-refractivity contribution in [3.63, 3.8) is 0 Å². The third-order valence-electron chi connectivity index (χ3n) is 5.62. The maximum absolute atomic E-state index is 12.3. The topological polar surface area (TPSA) is 45.2 Å². The number of carbonyl (C=O) groups is 1. The molecule has 0 unspecified atom stereocenters. The number of hydrogen-bond acceptors (Lipinski definition) is 3. The van der Waals surface area contributed by atoms with Gasteiger partial charge in [0.2, 0.25) is 0 Å². The van der Waals surface area contributed by atoms with E-state index in [4.69, 9.17) is 11.6 Å². The van der Waals surface area contributed by atoms with E-state index in [1.54, 1.807) is 6.07 Å². The molecule has 5 heteroatoms. The van der Waals surface area contributed by atoms with Gasteiger partial charge >= 0.3 is 0 Å². The zero-order valence-corrected chi connectivity index (χ0v) is 15.6. The summed E-state index contributed by atoms with van der Waals surface area (Å²) in [7, 11) is 0. The third kappa shape index (κ3) is 3.92. The number of hydrogen-bond donors (Lipinski definition) is 1. The van der Waals surface area contributed by atoms with Crippen LogP contribution in [0.3, 0.4) is 0 Å². The molecule has 2 heterocycles. The van der Waals surface area contributed by atoms with Gasteiger partial charge in [0.1, 0.15) is 0 Å². The third-order valence-corrected chi connectivity index (χ3v) is 5.83. The van der Waals surface area contributed by atoms with Crippen LogP contribution in [-0.2, 0) is 19.4 Å². The molecule has 1 saturated carbocycles. The first-order valence-corrected chi connectivity index (χ1v) is 9.80.